The van der Waals surface area contributed by atoms with Gasteiger partial charge in [0.2, 0.25) is 5.91 Å². The molecule has 0 saturated carbocycles. The molecule has 1 aromatic heterocycles. The molecule has 0 aliphatic carbocycles. The van der Waals surface area contributed by atoms with Gasteiger partial charge in [0.25, 0.3) is 0 Å². The monoisotopic (exact) mass is 322 g/mol. The molecule has 1 saturated heterocycles. The molecule has 7 nitrogen and oxygen atoms in total. The molecule has 0 aromatic carbocycles. The molecular formula is C16H26N4O3. The first-order valence-electron chi connectivity index (χ1n) is 8.09. The Morgan fingerprint density at radius 3 is 2.65 bits per heavy atom. The Labute approximate surface area is 137 Å². The van der Waals surface area contributed by atoms with Gasteiger partial charge < -0.3 is 19.5 Å². The number of carbonyl (C=O) groups excluding carboxylic acids is 2. The van der Waals surface area contributed by atoms with Gasteiger partial charge in [-0.15, -0.1) is 0 Å². The van der Waals surface area contributed by atoms with E-state index in [0.717, 1.165) is 31.6 Å². The zero-order chi connectivity index (χ0) is 16.9. The lowest BCUT2D eigenvalue weighted by Crippen LogP contribution is -2.34. The highest BCUT2D eigenvalue weighted by molar-refractivity contribution is 5.76. The molecule has 0 unspecified atom stereocenters. The topological polar surface area (TPSA) is 76.5 Å². The van der Waals surface area contributed by atoms with Crippen molar-refractivity contribution in [2.24, 2.45) is 0 Å². The quantitative estimate of drug-likeness (QED) is 0.893. The molecule has 23 heavy (non-hydrogen) atoms. The molecule has 1 aromatic rings. The predicted octanol–water partition coefficient (Wildman–Crippen LogP) is 1.57. The van der Waals surface area contributed by atoms with Crippen molar-refractivity contribution in [2.45, 2.75) is 52.2 Å². The summed E-state index contributed by atoms with van der Waals surface area (Å²) in [6.07, 6.45) is 5.74. The van der Waals surface area contributed by atoms with Gasteiger partial charge in [-0.3, -0.25) is 4.79 Å². The van der Waals surface area contributed by atoms with E-state index >= 15 is 0 Å². The first kappa shape index (κ1) is 17.3. The number of amides is 2. The van der Waals surface area contributed by atoms with Crippen LogP contribution in [0.3, 0.4) is 0 Å². The second kappa shape index (κ2) is 7.48. The number of alkyl carbamates (subject to hydrolysis) is 1. The number of nitrogens with zero attached hydrogens (tertiary/aromatic N) is 3. The van der Waals surface area contributed by atoms with Crippen molar-refractivity contribution in [3.8, 4) is 0 Å². The minimum Gasteiger partial charge on any atom is -0.444 e. The predicted molar refractivity (Wildman–Crippen MR) is 86.0 cm³/mol. The molecule has 0 spiro atoms. The van der Waals surface area contributed by atoms with Gasteiger partial charge in [0.1, 0.15) is 12.1 Å². The van der Waals surface area contributed by atoms with Crippen molar-refractivity contribution in [3.05, 3.63) is 18.2 Å². The summed E-state index contributed by atoms with van der Waals surface area (Å²) in [6, 6.07) is 0. The number of rotatable bonds is 5. The number of nitrogens with one attached hydrogen (secondary N) is 1. The number of aromatic nitrogens is 2. The van der Waals surface area contributed by atoms with E-state index in [4.69, 9.17) is 4.74 Å². The Morgan fingerprint density at radius 2 is 2.00 bits per heavy atom. The second-order valence-electron chi connectivity index (χ2n) is 6.78. The van der Waals surface area contributed by atoms with Crippen LogP contribution in [-0.4, -0.2) is 51.7 Å². The maximum Gasteiger partial charge on any atom is 0.407 e. The third kappa shape index (κ3) is 5.58. The smallest absolute Gasteiger partial charge is 0.407 e. The number of hydrogen-bond acceptors (Lipinski definition) is 4. The van der Waals surface area contributed by atoms with Crippen LogP contribution >= 0.6 is 0 Å². The summed E-state index contributed by atoms with van der Waals surface area (Å²) in [5, 5.41) is 2.72. The fraction of sp³-hybridized carbons (Fsp3) is 0.688. The van der Waals surface area contributed by atoms with Crippen LogP contribution in [0.15, 0.2) is 12.5 Å². The fourth-order valence-corrected chi connectivity index (χ4v) is 2.52. The molecule has 0 bridgehead atoms. The summed E-state index contributed by atoms with van der Waals surface area (Å²) in [5.41, 5.74) is 0.419. The van der Waals surface area contributed by atoms with Crippen LogP contribution in [0.25, 0.3) is 0 Å². The van der Waals surface area contributed by atoms with Gasteiger partial charge in [0.15, 0.2) is 0 Å². The first-order chi connectivity index (χ1) is 10.8. The SMILES string of the molecule is CC(C)(C)OC(=O)NCCc1cncn1CC(=O)N1CCCC1. The number of likely N-dealkylation sites (tertiary alicyclic amines) is 1. The van der Waals surface area contributed by atoms with Gasteiger partial charge >= 0.3 is 6.09 Å². The van der Waals surface area contributed by atoms with Gasteiger partial charge in [-0.25, -0.2) is 9.78 Å². The largest absolute Gasteiger partial charge is 0.444 e. The molecular weight excluding hydrogens is 296 g/mol. The Bertz CT molecular complexity index is 542. The third-order valence-corrected chi connectivity index (χ3v) is 3.61. The van der Waals surface area contributed by atoms with Crippen molar-refractivity contribution < 1.29 is 14.3 Å². The molecule has 1 aliphatic rings. The van der Waals surface area contributed by atoms with Crippen LogP contribution < -0.4 is 5.32 Å². The van der Waals surface area contributed by atoms with Crippen LogP contribution in [0.4, 0.5) is 4.79 Å². The highest BCUT2D eigenvalue weighted by atomic mass is 16.6. The normalized spacial score (nSPS) is 14.8. The van der Waals surface area contributed by atoms with Crippen LogP contribution in [-0.2, 0) is 22.5 Å². The molecule has 1 N–H and O–H groups in total. The molecule has 0 atom stereocenters. The summed E-state index contributed by atoms with van der Waals surface area (Å²) in [4.78, 5) is 29.8. The second-order valence-corrected chi connectivity index (χ2v) is 6.78. The van der Waals surface area contributed by atoms with Gasteiger partial charge in [-0.1, -0.05) is 0 Å². The number of imidazole rings is 1. The minimum absolute atomic E-state index is 0.127. The minimum atomic E-state index is -0.506. The average Bonchev–Trinajstić information content (AvgIpc) is 3.08. The van der Waals surface area contributed by atoms with Crippen molar-refractivity contribution in [1.29, 1.82) is 0 Å². The maximum absolute atomic E-state index is 12.2. The van der Waals surface area contributed by atoms with E-state index in [1.54, 1.807) is 12.5 Å². The third-order valence-electron chi connectivity index (χ3n) is 3.61. The van der Waals surface area contributed by atoms with E-state index in [1.165, 1.54) is 0 Å². The molecule has 2 heterocycles. The van der Waals surface area contributed by atoms with Crippen LogP contribution in [0, 0.1) is 0 Å². The van der Waals surface area contributed by atoms with Gasteiger partial charge in [-0.05, 0) is 33.6 Å². The van der Waals surface area contributed by atoms with Gasteiger partial charge in [-0.2, -0.15) is 0 Å². The van der Waals surface area contributed by atoms with E-state index < -0.39 is 11.7 Å². The molecule has 0 radical (unpaired) electrons. The number of ether oxygens (including phenoxy) is 1. The van der Waals surface area contributed by atoms with Crippen molar-refractivity contribution in [3.63, 3.8) is 0 Å². The zero-order valence-corrected chi connectivity index (χ0v) is 14.2. The van der Waals surface area contributed by atoms with E-state index in [0.29, 0.717) is 19.5 Å². The lowest BCUT2D eigenvalue weighted by Gasteiger charge is -2.19. The molecule has 1 fully saturated rings. The summed E-state index contributed by atoms with van der Waals surface area (Å²) in [6.45, 7) is 7.93. The molecule has 128 valence electrons. The summed E-state index contributed by atoms with van der Waals surface area (Å²) < 4.78 is 7.03. The van der Waals surface area contributed by atoms with E-state index in [-0.39, 0.29) is 5.91 Å². The summed E-state index contributed by atoms with van der Waals surface area (Å²) in [7, 11) is 0. The molecule has 1 aliphatic heterocycles. The Morgan fingerprint density at radius 1 is 1.30 bits per heavy atom. The van der Waals surface area contributed by atoms with Gasteiger partial charge in [0, 0.05) is 37.9 Å². The highest BCUT2D eigenvalue weighted by Gasteiger charge is 2.19. The maximum atomic E-state index is 12.2. The lowest BCUT2D eigenvalue weighted by molar-refractivity contribution is -0.130. The molecule has 2 amide bonds. The fourth-order valence-electron chi connectivity index (χ4n) is 2.52. The lowest BCUT2D eigenvalue weighted by atomic mass is 10.2. The standard InChI is InChI=1S/C16H26N4O3/c1-16(2,3)23-15(22)18-7-6-13-10-17-12-20(13)11-14(21)19-8-4-5-9-19/h10,12H,4-9,11H2,1-3H3,(H,18,22). The highest BCUT2D eigenvalue weighted by Crippen LogP contribution is 2.10. The van der Waals surface area contributed by atoms with E-state index in [2.05, 4.69) is 10.3 Å². The zero-order valence-electron chi connectivity index (χ0n) is 14.2. The van der Waals surface area contributed by atoms with Crippen molar-refractivity contribution >= 4 is 12.0 Å². The van der Waals surface area contributed by atoms with Crippen molar-refractivity contribution in [2.75, 3.05) is 19.6 Å². The van der Waals surface area contributed by atoms with E-state index in [1.807, 2.05) is 30.2 Å². The Balaban J connectivity index is 1.79. The first-order valence-corrected chi connectivity index (χ1v) is 8.09. The number of carbonyl (C=O) groups is 2. The van der Waals surface area contributed by atoms with Crippen LogP contribution in [0.1, 0.15) is 39.3 Å². The Hall–Kier alpha value is -2.05. The average molecular weight is 322 g/mol. The van der Waals surface area contributed by atoms with E-state index in [9.17, 15) is 9.59 Å². The van der Waals surface area contributed by atoms with Gasteiger partial charge in [0.05, 0.1) is 6.33 Å². The molecule has 2 rings (SSSR count). The summed E-state index contributed by atoms with van der Waals surface area (Å²) in [5.74, 6) is 0.127. The summed E-state index contributed by atoms with van der Waals surface area (Å²) >= 11 is 0. The van der Waals surface area contributed by atoms with Crippen molar-refractivity contribution in [1.82, 2.24) is 19.8 Å². The molecule has 7 heteroatoms. The Kier molecular flexibility index (Phi) is 5.63. The van der Waals surface area contributed by atoms with Crippen LogP contribution in [0.5, 0.6) is 0 Å². The van der Waals surface area contributed by atoms with Crippen LogP contribution in [0.2, 0.25) is 0 Å². The number of hydrogen-bond donors (Lipinski definition) is 1.